The van der Waals surface area contributed by atoms with Crippen molar-refractivity contribution in [2.75, 3.05) is 32.7 Å². The van der Waals surface area contributed by atoms with Gasteiger partial charge in [0.2, 0.25) is 5.91 Å². The number of urea groups is 1. The molecular formula is C13H22N4O2. The van der Waals surface area contributed by atoms with Crippen LogP contribution in [0.25, 0.3) is 0 Å². The zero-order valence-corrected chi connectivity index (χ0v) is 11.2. The molecule has 0 aromatic heterocycles. The molecule has 1 atom stereocenters. The number of hydrogen-bond donors (Lipinski definition) is 2. The summed E-state index contributed by atoms with van der Waals surface area (Å²) in [5.41, 5.74) is 0. The summed E-state index contributed by atoms with van der Waals surface area (Å²) in [6.45, 7) is 3.93. The fourth-order valence-corrected chi connectivity index (χ4v) is 2.85. The van der Waals surface area contributed by atoms with E-state index in [0.717, 1.165) is 51.9 Å². The van der Waals surface area contributed by atoms with Gasteiger partial charge in [-0.3, -0.25) is 4.79 Å². The summed E-state index contributed by atoms with van der Waals surface area (Å²) < 4.78 is 0. The summed E-state index contributed by atoms with van der Waals surface area (Å²) in [6.07, 6.45) is 3.90. The van der Waals surface area contributed by atoms with Gasteiger partial charge in [-0.1, -0.05) is 0 Å². The molecule has 1 saturated carbocycles. The number of nitrogens with one attached hydrogen (secondary N) is 2. The van der Waals surface area contributed by atoms with Crippen LogP contribution < -0.4 is 10.6 Å². The molecule has 0 aromatic rings. The van der Waals surface area contributed by atoms with Crippen molar-refractivity contribution >= 4 is 11.9 Å². The van der Waals surface area contributed by atoms with E-state index in [1.54, 1.807) is 4.90 Å². The lowest BCUT2D eigenvalue weighted by Gasteiger charge is -2.33. The summed E-state index contributed by atoms with van der Waals surface area (Å²) in [7, 11) is 0. The van der Waals surface area contributed by atoms with Gasteiger partial charge >= 0.3 is 6.03 Å². The van der Waals surface area contributed by atoms with E-state index >= 15 is 0 Å². The first kappa shape index (κ1) is 12.7. The topological polar surface area (TPSA) is 64.7 Å². The number of carbonyl (C=O) groups is 2. The fraction of sp³-hybridized carbons (Fsp3) is 0.846. The van der Waals surface area contributed by atoms with E-state index < -0.39 is 0 Å². The molecule has 2 saturated heterocycles. The van der Waals surface area contributed by atoms with Crippen molar-refractivity contribution < 1.29 is 9.59 Å². The van der Waals surface area contributed by atoms with Crippen molar-refractivity contribution in [2.45, 2.75) is 37.8 Å². The van der Waals surface area contributed by atoms with E-state index in [9.17, 15) is 9.59 Å². The molecule has 0 bridgehead atoms. The Labute approximate surface area is 113 Å². The average Bonchev–Trinajstić information content (AvgIpc) is 3.11. The van der Waals surface area contributed by atoms with Crippen LogP contribution in [0, 0.1) is 0 Å². The Morgan fingerprint density at radius 2 is 1.79 bits per heavy atom. The predicted octanol–water partition coefficient (Wildman–Crippen LogP) is -0.245. The smallest absolute Gasteiger partial charge is 0.318 e. The van der Waals surface area contributed by atoms with Crippen LogP contribution in [-0.2, 0) is 4.79 Å². The van der Waals surface area contributed by atoms with Crippen LogP contribution in [0.15, 0.2) is 0 Å². The lowest BCUT2D eigenvalue weighted by molar-refractivity contribution is -0.135. The van der Waals surface area contributed by atoms with Crippen molar-refractivity contribution in [1.29, 1.82) is 0 Å². The van der Waals surface area contributed by atoms with Crippen LogP contribution >= 0.6 is 0 Å². The number of amides is 3. The molecule has 6 nitrogen and oxygen atoms in total. The van der Waals surface area contributed by atoms with Crippen LogP contribution in [0.1, 0.15) is 25.7 Å². The molecule has 3 aliphatic rings. The molecule has 1 aliphatic carbocycles. The highest BCUT2D eigenvalue weighted by Gasteiger charge is 2.38. The third-order valence-corrected chi connectivity index (χ3v) is 4.13. The second kappa shape index (κ2) is 5.36. The van der Waals surface area contributed by atoms with Crippen LogP contribution in [-0.4, -0.2) is 66.5 Å². The van der Waals surface area contributed by atoms with Gasteiger partial charge in [0.15, 0.2) is 0 Å². The van der Waals surface area contributed by atoms with Crippen molar-refractivity contribution in [1.82, 2.24) is 20.4 Å². The molecule has 19 heavy (non-hydrogen) atoms. The molecule has 106 valence electrons. The maximum absolute atomic E-state index is 12.5. The molecule has 2 aliphatic heterocycles. The van der Waals surface area contributed by atoms with Crippen molar-refractivity contribution in [3.8, 4) is 0 Å². The second-order valence-corrected chi connectivity index (χ2v) is 5.65. The quantitative estimate of drug-likeness (QED) is 0.725. The molecule has 3 rings (SSSR count). The Morgan fingerprint density at radius 1 is 1.05 bits per heavy atom. The normalized spacial score (nSPS) is 27.5. The number of hydrogen-bond acceptors (Lipinski definition) is 3. The molecule has 3 fully saturated rings. The highest BCUT2D eigenvalue weighted by Crippen LogP contribution is 2.23. The Balaban J connectivity index is 1.60. The maximum atomic E-state index is 12.5. The van der Waals surface area contributed by atoms with E-state index in [1.165, 1.54) is 0 Å². The first-order valence-electron chi connectivity index (χ1n) is 7.32. The summed E-state index contributed by atoms with van der Waals surface area (Å²) in [6, 6.07) is 0.0633. The molecule has 3 amide bonds. The lowest BCUT2D eigenvalue weighted by Crippen LogP contribution is -2.55. The lowest BCUT2D eigenvalue weighted by atomic mass is 10.2. The predicted molar refractivity (Wildman–Crippen MR) is 70.7 cm³/mol. The van der Waals surface area contributed by atoms with Gasteiger partial charge < -0.3 is 20.4 Å². The van der Waals surface area contributed by atoms with Crippen LogP contribution in [0.2, 0.25) is 0 Å². The number of piperazine rings is 1. The van der Waals surface area contributed by atoms with E-state index in [0.29, 0.717) is 12.6 Å². The Hall–Kier alpha value is -1.30. The molecule has 1 unspecified atom stereocenters. The molecule has 6 heteroatoms. The summed E-state index contributed by atoms with van der Waals surface area (Å²) in [5.74, 6) is 0.130. The number of nitrogens with zero attached hydrogens (tertiary/aromatic N) is 2. The first-order chi connectivity index (χ1) is 9.25. The van der Waals surface area contributed by atoms with Gasteiger partial charge in [0.25, 0.3) is 0 Å². The maximum Gasteiger partial charge on any atom is 0.318 e. The van der Waals surface area contributed by atoms with Crippen LogP contribution in [0.3, 0.4) is 0 Å². The summed E-state index contributed by atoms with van der Waals surface area (Å²) in [5, 5.41) is 6.23. The third-order valence-electron chi connectivity index (χ3n) is 4.13. The van der Waals surface area contributed by atoms with Gasteiger partial charge in [-0.25, -0.2) is 4.79 Å². The molecule has 2 N–H and O–H groups in total. The van der Waals surface area contributed by atoms with Crippen molar-refractivity contribution in [2.24, 2.45) is 0 Å². The van der Waals surface area contributed by atoms with Crippen molar-refractivity contribution in [3.05, 3.63) is 0 Å². The highest BCUT2D eigenvalue weighted by atomic mass is 16.2. The minimum Gasteiger partial charge on any atom is -0.338 e. The number of likely N-dealkylation sites (tertiary alicyclic amines) is 1. The standard InChI is InChI=1S/C13H22N4O2/c18-12(16-8-5-14-6-9-16)11-2-1-7-17(11)13(19)15-10-3-4-10/h10-11,14H,1-9H2,(H,15,19). The van der Waals surface area contributed by atoms with Crippen LogP contribution in [0.5, 0.6) is 0 Å². The van der Waals surface area contributed by atoms with E-state index in [2.05, 4.69) is 10.6 Å². The van der Waals surface area contributed by atoms with Gasteiger partial charge in [-0.05, 0) is 25.7 Å². The Morgan fingerprint density at radius 3 is 2.47 bits per heavy atom. The average molecular weight is 266 g/mol. The van der Waals surface area contributed by atoms with E-state index in [-0.39, 0.29) is 18.0 Å². The van der Waals surface area contributed by atoms with Gasteiger partial charge in [-0.15, -0.1) is 0 Å². The van der Waals surface area contributed by atoms with Gasteiger partial charge in [0.05, 0.1) is 0 Å². The van der Waals surface area contributed by atoms with Gasteiger partial charge in [-0.2, -0.15) is 0 Å². The molecule has 0 radical (unpaired) electrons. The zero-order valence-electron chi connectivity index (χ0n) is 11.2. The first-order valence-corrected chi connectivity index (χ1v) is 7.32. The highest BCUT2D eigenvalue weighted by molar-refractivity contribution is 5.88. The largest absolute Gasteiger partial charge is 0.338 e. The zero-order chi connectivity index (χ0) is 13.2. The Bertz CT molecular complexity index is 364. The molecule has 0 aromatic carbocycles. The molecular weight excluding hydrogens is 244 g/mol. The number of rotatable bonds is 2. The molecule has 2 heterocycles. The minimum atomic E-state index is -0.239. The van der Waals surface area contributed by atoms with E-state index in [1.807, 2.05) is 4.90 Å². The third kappa shape index (κ3) is 2.83. The summed E-state index contributed by atoms with van der Waals surface area (Å²) in [4.78, 5) is 28.2. The molecule has 0 spiro atoms. The monoisotopic (exact) mass is 266 g/mol. The Kier molecular flexibility index (Phi) is 3.59. The fourth-order valence-electron chi connectivity index (χ4n) is 2.85. The van der Waals surface area contributed by atoms with Gasteiger partial charge in [0, 0.05) is 38.8 Å². The van der Waals surface area contributed by atoms with Crippen LogP contribution in [0.4, 0.5) is 4.79 Å². The SMILES string of the molecule is O=C(C1CCCN1C(=O)NC1CC1)N1CCNCC1. The number of carbonyl (C=O) groups excluding carboxylic acids is 2. The summed E-state index contributed by atoms with van der Waals surface area (Å²) >= 11 is 0. The minimum absolute atomic E-state index is 0.0477. The second-order valence-electron chi connectivity index (χ2n) is 5.65. The van der Waals surface area contributed by atoms with Crippen molar-refractivity contribution in [3.63, 3.8) is 0 Å². The van der Waals surface area contributed by atoms with E-state index in [4.69, 9.17) is 0 Å². The van der Waals surface area contributed by atoms with Gasteiger partial charge in [0.1, 0.15) is 6.04 Å².